The predicted octanol–water partition coefficient (Wildman–Crippen LogP) is 4.73. The molecule has 0 bridgehead atoms. The first-order valence-corrected chi connectivity index (χ1v) is 7.62. The third-order valence-corrected chi connectivity index (χ3v) is 4.81. The van der Waals surface area contributed by atoms with Gasteiger partial charge in [-0.2, -0.15) is 0 Å². The van der Waals surface area contributed by atoms with Gasteiger partial charge in [0.15, 0.2) is 0 Å². The zero-order valence-electron chi connectivity index (χ0n) is 10.6. The second kappa shape index (κ2) is 5.00. The minimum absolute atomic E-state index is 0.269. The molecule has 0 aliphatic rings. The number of aromatic nitrogens is 1. The second-order valence-electron chi connectivity index (χ2n) is 4.43. The molecule has 0 aliphatic carbocycles. The smallest absolute Gasteiger partial charge is 0.336 e. The summed E-state index contributed by atoms with van der Waals surface area (Å²) in [5.41, 5.74) is 2.76. The van der Waals surface area contributed by atoms with Crippen LogP contribution < -0.4 is 0 Å². The molecule has 1 aromatic carbocycles. The molecule has 0 radical (unpaired) electrons. The van der Waals surface area contributed by atoms with E-state index in [2.05, 4.69) is 20.9 Å². The molecule has 3 nitrogen and oxygen atoms in total. The highest BCUT2D eigenvalue weighted by molar-refractivity contribution is 9.10. The van der Waals surface area contributed by atoms with Gasteiger partial charge in [-0.1, -0.05) is 22.0 Å². The summed E-state index contributed by atoms with van der Waals surface area (Å²) in [5.74, 6) is -0.945. The fourth-order valence-electron chi connectivity index (χ4n) is 2.16. The van der Waals surface area contributed by atoms with Crippen LogP contribution in [0.3, 0.4) is 0 Å². The summed E-state index contributed by atoms with van der Waals surface area (Å²) in [5, 5.41) is 12.1. The number of carboxylic acids is 1. The molecule has 3 rings (SSSR count). The number of carboxylic acid groups (broad SMARTS) is 1. The number of hydrogen-bond acceptors (Lipinski definition) is 3. The lowest BCUT2D eigenvalue weighted by atomic mass is 10.1. The standard InChI is InChI=1S/C15H10BrNO2S/c1-8-5-6-20-14(8)12-7-9(15(18)19)13-10(16)3-2-4-11(13)17-12/h2-7H,1H3,(H,18,19). The Balaban J connectivity index is 2.38. The molecule has 2 aromatic heterocycles. The number of fused-ring (bicyclic) bond motifs is 1. The molecular formula is C15H10BrNO2S. The first kappa shape index (κ1) is 13.3. The third-order valence-electron chi connectivity index (χ3n) is 3.11. The zero-order chi connectivity index (χ0) is 14.3. The van der Waals surface area contributed by atoms with Crippen molar-refractivity contribution in [2.24, 2.45) is 0 Å². The highest BCUT2D eigenvalue weighted by atomic mass is 79.9. The number of pyridine rings is 1. The molecule has 3 aromatic rings. The number of thiophene rings is 1. The van der Waals surface area contributed by atoms with Gasteiger partial charge >= 0.3 is 5.97 Å². The maximum Gasteiger partial charge on any atom is 0.336 e. The summed E-state index contributed by atoms with van der Waals surface area (Å²) in [6.07, 6.45) is 0. The van der Waals surface area contributed by atoms with Crippen molar-refractivity contribution in [1.29, 1.82) is 0 Å². The van der Waals surface area contributed by atoms with Gasteiger partial charge in [0, 0.05) is 9.86 Å². The molecule has 100 valence electrons. The average Bonchev–Trinajstić information content (AvgIpc) is 2.84. The van der Waals surface area contributed by atoms with Crippen LogP contribution in [-0.4, -0.2) is 16.1 Å². The summed E-state index contributed by atoms with van der Waals surface area (Å²) >= 11 is 4.97. The molecule has 0 spiro atoms. The lowest BCUT2D eigenvalue weighted by Crippen LogP contribution is -2.00. The van der Waals surface area contributed by atoms with Gasteiger partial charge in [-0.3, -0.25) is 0 Å². The summed E-state index contributed by atoms with van der Waals surface area (Å²) in [7, 11) is 0. The Morgan fingerprint density at radius 2 is 2.15 bits per heavy atom. The van der Waals surface area contributed by atoms with Gasteiger partial charge in [0.05, 0.1) is 21.7 Å². The second-order valence-corrected chi connectivity index (χ2v) is 6.20. The summed E-state index contributed by atoms with van der Waals surface area (Å²) in [6.45, 7) is 2.00. The molecule has 0 amide bonds. The van der Waals surface area contributed by atoms with Crippen LogP contribution in [0.15, 0.2) is 40.2 Å². The minimum Gasteiger partial charge on any atom is -0.478 e. The van der Waals surface area contributed by atoms with E-state index in [4.69, 9.17) is 0 Å². The quantitative estimate of drug-likeness (QED) is 0.728. The number of aromatic carboxylic acids is 1. The van der Waals surface area contributed by atoms with Crippen LogP contribution >= 0.6 is 27.3 Å². The van der Waals surface area contributed by atoms with E-state index >= 15 is 0 Å². The molecule has 20 heavy (non-hydrogen) atoms. The summed E-state index contributed by atoms with van der Waals surface area (Å²) in [4.78, 5) is 17.1. The van der Waals surface area contributed by atoms with Crippen molar-refractivity contribution in [2.45, 2.75) is 6.92 Å². The van der Waals surface area contributed by atoms with Crippen LogP contribution in [0.2, 0.25) is 0 Å². The summed E-state index contributed by atoms with van der Waals surface area (Å²) < 4.78 is 0.745. The Bertz CT molecular complexity index is 826. The van der Waals surface area contributed by atoms with Crippen LogP contribution in [0.4, 0.5) is 0 Å². The minimum atomic E-state index is -0.945. The molecule has 0 fully saturated rings. The highest BCUT2D eigenvalue weighted by Gasteiger charge is 2.16. The van der Waals surface area contributed by atoms with Crippen molar-refractivity contribution in [2.75, 3.05) is 0 Å². The van der Waals surface area contributed by atoms with Gasteiger partial charge in [0.2, 0.25) is 0 Å². The van der Waals surface area contributed by atoms with E-state index in [0.29, 0.717) is 16.6 Å². The lowest BCUT2D eigenvalue weighted by Gasteiger charge is -2.08. The molecule has 0 atom stereocenters. The Kier molecular flexibility index (Phi) is 3.31. The number of benzene rings is 1. The largest absolute Gasteiger partial charge is 0.478 e. The van der Waals surface area contributed by atoms with Crippen LogP contribution in [0, 0.1) is 6.92 Å². The zero-order valence-corrected chi connectivity index (χ0v) is 13.0. The van der Waals surface area contributed by atoms with Crippen LogP contribution in [0.5, 0.6) is 0 Å². The van der Waals surface area contributed by atoms with Gasteiger partial charge in [0.25, 0.3) is 0 Å². The first-order valence-electron chi connectivity index (χ1n) is 5.95. The Hall–Kier alpha value is -1.72. The molecule has 5 heteroatoms. The molecule has 1 N–H and O–H groups in total. The van der Waals surface area contributed by atoms with Crippen LogP contribution in [0.1, 0.15) is 15.9 Å². The van der Waals surface area contributed by atoms with E-state index in [1.807, 2.05) is 36.6 Å². The lowest BCUT2D eigenvalue weighted by molar-refractivity contribution is 0.0699. The number of nitrogens with zero attached hydrogens (tertiary/aromatic N) is 1. The molecule has 0 saturated heterocycles. The molecule has 0 unspecified atom stereocenters. The van der Waals surface area contributed by atoms with E-state index in [-0.39, 0.29) is 5.56 Å². The molecule has 0 saturated carbocycles. The summed E-state index contributed by atoms with van der Waals surface area (Å²) in [6, 6.07) is 9.17. The molecular weight excluding hydrogens is 338 g/mol. The first-order chi connectivity index (χ1) is 9.58. The van der Waals surface area contributed by atoms with E-state index < -0.39 is 5.97 Å². The number of carbonyl (C=O) groups is 1. The Morgan fingerprint density at radius 1 is 1.35 bits per heavy atom. The predicted molar refractivity (Wildman–Crippen MR) is 84.5 cm³/mol. The van der Waals surface area contributed by atoms with Crippen LogP contribution in [0.25, 0.3) is 21.5 Å². The van der Waals surface area contributed by atoms with Crippen molar-refractivity contribution in [3.8, 4) is 10.6 Å². The number of hydrogen-bond donors (Lipinski definition) is 1. The van der Waals surface area contributed by atoms with Crippen LogP contribution in [-0.2, 0) is 0 Å². The highest BCUT2D eigenvalue weighted by Crippen LogP contribution is 2.33. The number of aryl methyl sites for hydroxylation is 1. The average molecular weight is 348 g/mol. The van der Waals surface area contributed by atoms with Crippen molar-refractivity contribution in [3.05, 3.63) is 51.3 Å². The Labute approximate surface area is 128 Å². The van der Waals surface area contributed by atoms with Gasteiger partial charge in [-0.15, -0.1) is 11.3 Å². The van der Waals surface area contributed by atoms with E-state index in [1.165, 1.54) is 0 Å². The molecule has 0 aliphatic heterocycles. The molecule has 2 heterocycles. The van der Waals surface area contributed by atoms with E-state index in [1.54, 1.807) is 17.4 Å². The van der Waals surface area contributed by atoms with Gasteiger partial charge in [-0.05, 0) is 42.1 Å². The van der Waals surface area contributed by atoms with Crippen molar-refractivity contribution in [3.63, 3.8) is 0 Å². The van der Waals surface area contributed by atoms with Gasteiger partial charge in [-0.25, -0.2) is 9.78 Å². The van der Waals surface area contributed by atoms with Gasteiger partial charge < -0.3 is 5.11 Å². The third kappa shape index (κ3) is 2.13. The number of rotatable bonds is 2. The topological polar surface area (TPSA) is 50.2 Å². The van der Waals surface area contributed by atoms with Gasteiger partial charge in [0.1, 0.15) is 0 Å². The van der Waals surface area contributed by atoms with Crippen molar-refractivity contribution < 1.29 is 9.90 Å². The maximum absolute atomic E-state index is 11.5. The van der Waals surface area contributed by atoms with Crippen molar-refractivity contribution in [1.82, 2.24) is 4.98 Å². The normalized spacial score (nSPS) is 10.9. The fourth-order valence-corrected chi connectivity index (χ4v) is 3.62. The SMILES string of the molecule is Cc1ccsc1-c1cc(C(=O)O)c2c(Br)cccc2n1. The van der Waals surface area contributed by atoms with Crippen molar-refractivity contribution >= 4 is 44.1 Å². The number of halogens is 1. The fraction of sp³-hybridized carbons (Fsp3) is 0.0667. The Morgan fingerprint density at radius 3 is 2.80 bits per heavy atom. The monoisotopic (exact) mass is 347 g/mol. The maximum atomic E-state index is 11.5. The van der Waals surface area contributed by atoms with E-state index in [0.717, 1.165) is 14.9 Å². The van der Waals surface area contributed by atoms with E-state index in [9.17, 15) is 9.90 Å².